The van der Waals surface area contributed by atoms with Crippen molar-refractivity contribution in [3.8, 4) is 5.75 Å². The average Bonchev–Trinajstić information content (AvgIpc) is 3.32. The van der Waals surface area contributed by atoms with Gasteiger partial charge in [-0.3, -0.25) is 9.78 Å². The molecule has 0 radical (unpaired) electrons. The minimum absolute atomic E-state index is 0.112. The Hall–Kier alpha value is -1.60. The van der Waals surface area contributed by atoms with E-state index in [9.17, 15) is 4.79 Å². The van der Waals surface area contributed by atoms with Crippen LogP contribution in [0.1, 0.15) is 39.8 Å². The van der Waals surface area contributed by atoms with E-state index >= 15 is 0 Å². The van der Waals surface area contributed by atoms with Gasteiger partial charge in [-0.25, -0.2) is 0 Å². The fraction of sp³-hybridized carbons (Fsp3) is 0.579. The Balaban J connectivity index is 2.35. The molecule has 6 nitrogen and oxygen atoms in total. The molecule has 0 aromatic carbocycles. The maximum absolute atomic E-state index is 12.8. The van der Waals surface area contributed by atoms with E-state index in [1.807, 2.05) is 13.8 Å². The Labute approximate surface area is 163 Å². The van der Waals surface area contributed by atoms with Gasteiger partial charge in [-0.05, 0) is 49.7 Å². The number of carbonyl (C=O) groups is 1. The first-order valence-electron chi connectivity index (χ1n) is 8.69. The number of epoxide rings is 1. The van der Waals surface area contributed by atoms with E-state index in [-0.39, 0.29) is 18.0 Å². The van der Waals surface area contributed by atoms with Gasteiger partial charge in [-0.1, -0.05) is 6.58 Å². The molecule has 0 aliphatic carbocycles. The lowest BCUT2D eigenvalue weighted by molar-refractivity contribution is -0.149. The molecule has 0 N–H and O–H groups in total. The number of rotatable bonds is 10. The van der Waals surface area contributed by atoms with Gasteiger partial charge in [0.05, 0.1) is 32.0 Å². The Morgan fingerprint density at radius 1 is 1.42 bits per heavy atom. The van der Waals surface area contributed by atoms with Gasteiger partial charge in [0.1, 0.15) is 17.2 Å². The number of aromatic nitrogens is 1. The van der Waals surface area contributed by atoms with Crippen LogP contribution in [0.25, 0.3) is 0 Å². The van der Waals surface area contributed by atoms with E-state index < -0.39 is 11.4 Å². The van der Waals surface area contributed by atoms with Crippen LogP contribution in [0.15, 0.2) is 29.1 Å². The fourth-order valence-electron chi connectivity index (χ4n) is 2.49. The molecule has 2 heterocycles. The standard InChI is InChI=1S/C19H26BrNO5/c1-6-23-13(3)19(5,17(22)24-7-2)16-15(10-14(20)11-21-16)25-9-8-18(4)12-26-18/h10-11H,3,6-9,12H2,1-2,4-5H3. The van der Waals surface area contributed by atoms with Crippen LogP contribution in [0.3, 0.4) is 0 Å². The summed E-state index contributed by atoms with van der Waals surface area (Å²) in [6, 6.07) is 1.79. The largest absolute Gasteiger partial charge is 0.497 e. The minimum Gasteiger partial charge on any atom is -0.497 e. The summed E-state index contributed by atoms with van der Waals surface area (Å²) in [5.41, 5.74) is -0.972. The molecule has 26 heavy (non-hydrogen) atoms. The molecule has 144 valence electrons. The van der Waals surface area contributed by atoms with Crippen LogP contribution < -0.4 is 4.74 Å². The van der Waals surface area contributed by atoms with Crippen molar-refractivity contribution in [2.75, 3.05) is 26.4 Å². The van der Waals surface area contributed by atoms with Crippen molar-refractivity contribution in [3.63, 3.8) is 0 Å². The lowest BCUT2D eigenvalue weighted by Gasteiger charge is -2.30. The van der Waals surface area contributed by atoms with Crippen molar-refractivity contribution in [1.29, 1.82) is 0 Å². The molecule has 1 aliphatic heterocycles. The smallest absolute Gasteiger partial charge is 0.325 e. The normalized spacial score (nSPS) is 20.8. The zero-order chi connectivity index (χ0) is 19.4. The zero-order valence-corrected chi connectivity index (χ0v) is 17.3. The highest BCUT2D eigenvalue weighted by Gasteiger charge is 2.45. The van der Waals surface area contributed by atoms with E-state index in [1.54, 1.807) is 26.1 Å². The minimum atomic E-state index is -1.28. The lowest BCUT2D eigenvalue weighted by atomic mass is 9.83. The number of nitrogens with zero attached hydrogens (tertiary/aromatic N) is 1. The van der Waals surface area contributed by atoms with Gasteiger partial charge < -0.3 is 18.9 Å². The van der Waals surface area contributed by atoms with Gasteiger partial charge in [0.2, 0.25) is 0 Å². The molecule has 0 amide bonds. The topological polar surface area (TPSA) is 70.2 Å². The fourth-order valence-corrected chi connectivity index (χ4v) is 2.80. The van der Waals surface area contributed by atoms with Crippen LogP contribution in [0, 0.1) is 0 Å². The molecule has 2 rings (SSSR count). The number of hydrogen-bond donors (Lipinski definition) is 0. The van der Waals surface area contributed by atoms with Crippen molar-refractivity contribution in [3.05, 3.63) is 34.8 Å². The highest BCUT2D eigenvalue weighted by molar-refractivity contribution is 9.10. The monoisotopic (exact) mass is 427 g/mol. The van der Waals surface area contributed by atoms with Crippen molar-refractivity contribution >= 4 is 21.9 Å². The zero-order valence-electron chi connectivity index (χ0n) is 15.8. The van der Waals surface area contributed by atoms with Crippen molar-refractivity contribution in [2.45, 2.75) is 45.1 Å². The van der Waals surface area contributed by atoms with Gasteiger partial charge in [-0.15, -0.1) is 0 Å². The lowest BCUT2D eigenvalue weighted by Crippen LogP contribution is -2.38. The van der Waals surface area contributed by atoms with E-state index in [0.29, 0.717) is 24.7 Å². The second-order valence-electron chi connectivity index (χ2n) is 6.54. The predicted octanol–water partition coefficient (Wildman–Crippen LogP) is 3.77. The van der Waals surface area contributed by atoms with Gasteiger partial charge in [0.15, 0.2) is 5.41 Å². The summed E-state index contributed by atoms with van der Waals surface area (Å²) in [7, 11) is 0. The summed E-state index contributed by atoms with van der Waals surface area (Å²) in [5, 5.41) is 0. The number of pyridine rings is 1. The number of esters is 1. The maximum Gasteiger partial charge on any atom is 0.325 e. The molecule has 2 atom stereocenters. The molecule has 0 spiro atoms. The van der Waals surface area contributed by atoms with E-state index in [4.69, 9.17) is 18.9 Å². The molecule has 1 saturated heterocycles. The second kappa shape index (κ2) is 8.39. The molecule has 7 heteroatoms. The predicted molar refractivity (Wildman–Crippen MR) is 101 cm³/mol. The number of carbonyl (C=O) groups excluding carboxylic acids is 1. The summed E-state index contributed by atoms with van der Waals surface area (Å²) in [6.07, 6.45) is 2.37. The molecule has 1 aromatic rings. The SMILES string of the molecule is C=C(OCC)C(C)(C(=O)OCC)c1ncc(Br)cc1OCCC1(C)CO1. The Morgan fingerprint density at radius 3 is 2.65 bits per heavy atom. The summed E-state index contributed by atoms with van der Waals surface area (Å²) >= 11 is 3.41. The quantitative estimate of drug-likeness (QED) is 0.321. The first kappa shape index (κ1) is 20.7. The average molecular weight is 428 g/mol. The van der Waals surface area contributed by atoms with E-state index in [1.165, 1.54) is 0 Å². The molecule has 0 bridgehead atoms. The van der Waals surface area contributed by atoms with Crippen LogP contribution in [-0.4, -0.2) is 43.0 Å². The van der Waals surface area contributed by atoms with Gasteiger partial charge in [-0.2, -0.15) is 0 Å². The third-order valence-corrected chi connectivity index (χ3v) is 4.81. The van der Waals surface area contributed by atoms with Crippen LogP contribution >= 0.6 is 15.9 Å². The van der Waals surface area contributed by atoms with Crippen molar-refractivity contribution in [1.82, 2.24) is 4.98 Å². The van der Waals surface area contributed by atoms with Crippen LogP contribution in [0.4, 0.5) is 0 Å². The van der Waals surface area contributed by atoms with Crippen LogP contribution in [-0.2, 0) is 24.4 Å². The number of halogens is 1. The molecule has 2 unspecified atom stereocenters. The molecule has 0 saturated carbocycles. The van der Waals surface area contributed by atoms with Crippen LogP contribution in [0.5, 0.6) is 5.75 Å². The summed E-state index contributed by atoms with van der Waals surface area (Å²) in [5.74, 6) is 0.284. The number of ether oxygens (including phenoxy) is 4. The first-order chi connectivity index (χ1) is 12.3. The highest BCUT2D eigenvalue weighted by atomic mass is 79.9. The Bertz CT molecular complexity index is 654. The summed E-state index contributed by atoms with van der Waals surface area (Å²) in [6.45, 7) is 13.1. The van der Waals surface area contributed by atoms with Crippen molar-refractivity contribution < 1.29 is 23.7 Å². The van der Waals surface area contributed by atoms with Gasteiger partial charge >= 0.3 is 5.97 Å². The van der Waals surface area contributed by atoms with E-state index in [2.05, 4.69) is 27.5 Å². The molecule has 1 fully saturated rings. The summed E-state index contributed by atoms with van der Waals surface area (Å²) in [4.78, 5) is 17.2. The van der Waals surface area contributed by atoms with Crippen molar-refractivity contribution in [2.24, 2.45) is 0 Å². The Kier molecular flexibility index (Phi) is 6.69. The molecule has 1 aromatic heterocycles. The molecular weight excluding hydrogens is 402 g/mol. The molecular formula is C19H26BrNO5. The third-order valence-electron chi connectivity index (χ3n) is 4.38. The highest BCUT2D eigenvalue weighted by Crippen LogP contribution is 2.39. The molecule has 1 aliphatic rings. The maximum atomic E-state index is 12.8. The van der Waals surface area contributed by atoms with E-state index in [0.717, 1.165) is 17.5 Å². The number of hydrogen-bond acceptors (Lipinski definition) is 6. The van der Waals surface area contributed by atoms with Gasteiger partial charge in [0.25, 0.3) is 0 Å². The summed E-state index contributed by atoms with van der Waals surface area (Å²) < 4.78 is 22.9. The Morgan fingerprint density at radius 2 is 2.08 bits per heavy atom. The third kappa shape index (κ3) is 4.57. The second-order valence-corrected chi connectivity index (χ2v) is 7.45. The first-order valence-corrected chi connectivity index (χ1v) is 9.48. The van der Waals surface area contributed by atoms with Gasteiger partial charge in [0, 0.05) is 17.1 Å². The van der Waals surface area contributed by atoms with Crippen LogP contribution in [0.2, 0.25) is 0 Å².